The minimum absolute atomic E-state index is 0.195. The molecule has 1 amide bonds. The number of amides is 1. The zero-order valence-electron chi connectivity index (χ0n) is 11.6. The summed E-state index contributed by atoms with van der Waals surface area (Å²) < 4.78 is 0. The van der Waals surface area contributed by atoms with E-state index >= 15 is 0 Å². The molecule has 110 valence electrons. The lowest BCUT2D eigenvalue weighted by atomic mass is 9.92. The standard InChI is InChI=1S/C16H17NO4/c1-16(10-18,12-5-3-2-4-6-12)17-15(21)11-7-8-13(19)14(20)9-11/h2-9,18-20H,10H2,1H3,(H,17,21). The maximum Gasteiger partial charge on any atom is 0.252 e. The average molecular weight is 287 g/mol. The summed E-state index contributed by atoms with van der Waals surface area (Å²) in [7, 11) is 0. The van der Waals surface area contributed by atoms with E-state index in [1.807, 2.05) is 30.3 Å². The fourth-order valence-corrected chi connectivity index (χ4v) is 2.00. The Labute approximate surface area is 122 Å². The van der Waals surface area contributed by atoms with Crippen molar-refractivity contribution in [2.75, 3.05) is 6.61 Å². The summed E-state index contributed by atoms with van der Waals surface area (Å²) in [4.78, 5) is 12.2. The summed E-state index contributed by atoms with van der Waals surface area (Å²) in [6.45, 7) is 1.44. The van der Waals surface area contributed by atoms with Crippen molar-refractivity contribution in [1.29, 1.82) is 0 Å². The van der Waals surface area contributed by atoms with Crippen LogP contribution in [-0.2, 0) is 5.54 Å². The lowest BCUT2D eigenvalue weighted by Crippen LogP contribution is -2.46. The van der Waals surface area contributed by atoms with Gasteiger partial charge in [-0.3, -0.25) is 4.79 Å². The molecule has 0 aromatic heterocycles. The Morgan fingerprint density at radius 2 is 1.76 bits per heavy atom. The smallest absolute Gasteiger partial charge is 0.252 e. The van der Waals surface area contributed by atoms with E-state index in [1.54, 1.807) is 6.92 Å². The van der Waals surface area contributed by atoms with Crippen molar-refractivity contribution in [2.24, 2.45) is 0 Å². The molecule has 5 nitrogen and oxygen atoms in total. The van der Waals surface area contributed by atoms with Crippen molar-refractivity contribution in [3.05, 3.63) is 59.7 Å². The number of carbonyl (C=O) groups is 1. The number of nitrogens with one attached hydrogen (secondary N) is 1. The van der Waals surface area contributed by atoms with Crippen molar-refractivity contribution >= 4 is 5.91 Å². The number of hydrogen-bond donors (Lipinski definition) is 4. The van der Waals surface area contributed by atoms with Crippen LogP contribution in [0.5, 0.6) is 11.5 Å². The van der Waals surface area contributed by atoms with Crippen LogP contribution in [-0.4, -0.2) is 27.8 Å². The zero-order valence-corrected chi connectivity index (χ0v) is 11.6. The fourth-order valence-electron chi connectivity index (χ4n) is 2.00. The van der Waals surface area contributed by atoms with Crippen molar-refractivity contribution in [3.8, 4) is 11.5 Å². The molecule has 0 aliphatic heterocycles. The number of phenolic OH excluding ortho intramolecular Hbond substituents is 2. The predicted octanol–water partition coefficient (Wildman–Crippen LogP) is 1.74. The molecule has 2 aromatic carbocycles. The third-order valence-electron chi connectivity index (χ3n) is 3.35. The van der Waals surface area contributed by atoms with Crippen LogP contribution in [0.25, 0.3) is 0 Å². The lowest BCUT2D eigenvalue weighted by molar-refractivity contribution is 0.0849. The zero-order chi connectivity index (χ0) is 15.5. The van der Waals surface area contributed by atoms with E-state index in [4.69, 9.17) is 0 Å². The monoisotopic (exact) mass is 287 g/mol. The summed E-state index contributed by atoms with van der Waals surface area (Å²) in [5, 5.41) is 31.1. The Morgan fingerprint density at radius 3 is 2.33 bits per heavy atom. The van der Waals surface area contributed by atoms with Crippen molar-refractivity contribution in [1.82, 2.24) is 5.32 Å². The van der Waals surface area contributed by atoms with Crippen LogP contribution >= 0.6 is 0 Å². The van der Waals surface area contributed by atoms with Crippen molar-refractivity contribution in [2.45, 2.75) is 12.5 Å². The highest BCUT2D eigenvalue weighted by Gasteiger charge is 2.28. The highest BCUT2D eigenvalue weighted by atomic mass is 16.3. The Hall–Kier alpha value is -2.53. The third kappa shape index (κ3) is 3.14. The van der Waals surface area contributed by atoms with E-state index in [-0.39, 0.29) is 23.7 Å². The summed E-state index contributed by atoms with van der Waals surface area (Å²) in [5.74, 6) is -1.11. The summed E-state index contributed by atoms with van der Waals surface area (Å²) in [5.41, 5.74) is 0.0241. The maximum absolute atomic E-state index is 12.2. The topological polar surface area (TPSA) is 89.8 Å². The van der Waals surface area contributed by atoms with Crippen LogP contribution in [0.2, 0.25) is 0 Å². The number of benzene rings is 2. The van der Waals surface area contributed by atoms with E-state index in [0.29, 0.717) is 0 Å². The second kappa shape index (κ2) is 5.85. The highest BCUT2D eigenvalue weighted by Crippen LogP contribution is 2.26. The first-order valence-electron chi connectivity index (χ1n) is 6.47. The van der Waals surface area contributed by atoms with Gasteiger partial charge < -0.3 is 20.6 Å². The molecule has 1 unspecified atom stereocenters. The van der Waals surface area contributed by atoms with E-state index in [0.717, 1.165) is 5.56 Å². The molecule has 4 N–H and O–H groups in total. The number of aromatic hydroxyl groups is 2. The molecule has 1 atom stereocenters. The molecule has 0 spiro atoms. The molecular formula is C16H17NO4. The first kappa shape index (κ1) is 14.9. The first-order chi connectivity index (χ1) is 9.96. The molecular weight excluding hydrogens is 270 g/mol. The molecule has 21 heavy (non-hydrogen) atoms. The Balaban J connectivity index is 2.26. The Bertz CT molecular complexity index is 642. The molecule has 0 fully saturated rings. The Morgan fingerprint density at radius 1 is 1.10 bits per heavy atom. The van der Waals surface area contributed by atoms with E-state index in [1.165, 1.54) is 18.2 Å². The van der Waals surface area contributed by atoms with Gasteiger partial charge in [-0.05, 0) is 30.7 Å². The largest absolute Gasteiger partial charge is 0.504 e. The van der Waals surface area contributed by atoms with Gasteiger partial charge in [-0.2, -0.15) is 0 Å². The van der Waals surface area contributed by atoms with Gasteiger partial charge in [0.1, 0.15) is 0 Å². The molecule has 0 heterocycles. The normalized spacial score (nSPS) is 13.4. The summed E-state index contributed by atoms with van der Waals surface area (Å²) >= 11 is 0. The second-order valence-corrected chi connectivity index (χ2v) is 5.01. The van der Waals surface area contributed by atoms with Crippen molar-refractivity contribution < 1.29 is 20.1 Å². The lowest BCUT2D eigenvalue weighted by Gasteiger charge is -2.29. The number of phenols is 2. The van der Waals surface area contributed by atoms with Gasteiger partial charge in [-0.1, -0.05) is 30.3 Å². The van der Waals surface area contributed by atoms with Crippen molar-refractivity contribution in [3.63, 3.8) is 0 Å². The van der Waals surface area contributed by atoms with Gasteiger partial charge in [0.25, 0.3) is 5.91 Å². The molecule has 0 saturated carbocycles. The highest BCUT2D eigenvalue weighted by molar-refractivity contribution is 5.95. The number of carbonyl (C=O) groups excluding carboxylic acids is 1. The second-order valence-electron chi connectivity index (χ2n) is 5.01. The number of aliphatic hydroxyl groups is 1. The molecule has 2 rings (SSSR count). The van der Waals surface area contributed by atoms with Gasteiger partial charge in [0.2, 0.25) is 0 Å². The minimum Gasteiger partial charge on any atom is -0.504 e. The molecule has 0 aliphatic carbocycles. The van der Waals surface area contributed by atoms with Gasteiger partial charge in [-0.25, -0.2) is 0 Å². The molecule has 0 radical (unpaired) electrons. The quantitative estimate of drug-likeness (QED) is 0.645. The number of aliphatic hydroxyl groups excluding tert-OH is 1. The van der Waals surface area contributed by atoms with E-state index in [9.17, 15) is 20.1 Å². The third-order valence-corrected chi connectivity index (χ3v) is 3.35. The van der Waals surface area contributed by atoms with E-state index in [2.05, 4.69) is 5.32 Å². The summed E-state index contributed by atoms with van der Waals surface area (Å²) in [6, 6.07) is 12.9. The van der Waals surface area contributed by atoms with Crippen LogP contribution in [0.4, 0.5) is 0 Å². The van der Waals surface area contributed by atoms with Gasteiger partial charge in [0, 0.05) is 5.56 Å². The average Bonchev–Trinajstić information content (AvgIpc) is 2.50. The number of hydrogen-bond acceptors (Lipinski definition) is 4. The molecule has 0 bridgehead atoms. The maximum atomic E-state index is 12.2. The number of rotatable bonds is 4. The molecule has 5 heteroatoms. The van der Waals surface area contributed by atoms with Gasteiger partial charge in [0.05, 0.1) is 12.1 Å². The van der Waals surface area contributed by atoms with Crippen LogP contribution in [0.1, 0.15) is 22.8 Å². The molecule has 2 aromatic rings. The molecule has 0 aliphatic rings. The van der Waals surface area contributed by atoms with Crippen LogP contribution in [0, 0.1) is 0 Å². The first-order valence-corrected chi connectivity index (χ1v) is 6.47. The van der Waals surface area contributed by atoms with Crippen LogP contribution in [0.3, 0.4) is 0 Å². The molecule has 0 saturated heterocycles. The van der Waals surface area contributed by atoms with E-state index < -0.39 is 11.4 Å². The van der Waals surface area contributed by atoms with Gasteiger partial charge in [0.15, 0.2) is 11.5 Å². The minimum atomic E-state index is -0.939. The van der Waals surface area contributed by atoms with Gasteiger partial charge >= 0.3 is 0 Å². The van der Waals surface area contributed by atoms with Gasteiger partial charge in [-0.15, -0.1) is 0 Å². The predicted molar refractivity (Wildman–Crippen MR) is 78.1 cm³/mol. The SMILES string of the molecule is CC(CO)(NC(=O)c1ccc(O)c(O)c1)c1ccccc1. The Kier molecular flexibility index (Phi) is 4.14. The fraction of sp³-hybridized carbons (Fsp3) is 0.188. The van der Waals surface area contributed by atoms with Crippen LogP contribution in [0.15, 0.2) is 48.5 Å². The summed E-state index contributed by atoms with van der Waals surface area (Å²) in [6.07, 6.45) is 0. The van der Waals surface area contributed by atoms with Crippen LogP contribution < -0.4 is 5.32 Å².